The van der Waals surface area contributed by atoms with Gasteiger partial charge in [0.2, 0.25) is 0 Å². The average molecular weight is 244 g/mol. The van der Waals surface area contributed by atoms with Crippen molar-refractivity contribution >= 4 is 5.84 Å². The van der Waals surface area contributed by atoms with Crippen molar-refractivity contribution in [1.82, 2.24) is 4.90 Å². The van der Waals surface area contributed by atoms with Crippen LogP contribution < -0.4 is 0 Å². The van der Waals surface area contributed by atoms with E-state index in [0.717, 1.165) is 12.4 Å². The summed E-state index contributed by atoms with van der Waals surface area (Å²) in [4.78, 5) is 2.11. The van der Waals surface area contributed by atoms with Gasteiger partial charge in [-0.25, -0.2) is 0 Å². The highest BCUT2D eigenvalue weighted by Crippen LogP contribution is 2.25. The van der Waals surface area contributed by atoms with Crippen LogP contribution in [-0.4, -0.2) is 17.8 Å². The summed E-state index contributed by atoms with van der Waals surface area (Å²) in [6.45, 7) is 2.97. The molecule has 0 saturated heterocycles. The van der Waals surface area contributed by atoms with Gasteiger partial charge in [0.05, 0.1) is 5.84 Å². The van der Waals surface area contributed by atoms with Crippen LogP contribution in [0, 0.1) is 18.3 Å². The van der Waals surface area contributed by atoms with Gasteiger partial charge < -0.3 is 4.90 Å². The number of nitrogens with zero attached hydrogens (tertiary/aromatic N) is 1. The third-order valence-electron chi connectivity index (χ3n) is 3.94. The normalized spacial score (nSPS) is 16.6. The Morgan fingerprint density at radius 3 is 2.39 bits per heavy atom. The molecular weight excluding hydrogens is 220 g/mol. The van der Waals surface area contributed by atoms with Gasteiger partial charge in [-0.1, -0.05) is 49.1 Å². The summed E-state index contributed by atoms with van der Waals surface area (Å²) in [6.07, 6.45) is 6.36. The van der Waals surface area contributed by atoms with Gasteiger partial charge in [0.15, 0.2) is 0 Å². The Hall–Kier alpha value is -1.31. The van der Waals surface area contributed by atoms with Crippen molar-refractivity contribution in [3.8, 4) is 0 Å². The molecule has 2 rings (SSSR count). The van der Waals surface area contributed by atoms with E-state index in [9.17, 15) is 0 Å². The van der Waals surface area contributed by atoms with Gasteiger partial charge >= 0.3 is 0 Å². The highest BCUT2D eigenvalue weighted by Gasteiger charge is 2.20. The number of rotatable bonds is 3. The van der Waals surface area contributed by atoms with Gasteiger partial charge in [-0.2, -0.15) is 0 Å². The fraction of sp³-hybridized carbons (Fsp3) is 0.562. The molecular formula is C16H24N2. The standard InChI is InChI=1S/C16H24N2/c1-13-8-10-14(11-9-13)12-18(2)16(17)15-6-4-3-5-7-15/h8-11,15,17H,3-7,12H2,1-2H3. The summed E-state index contributed by atoms with van der Waals surface area (Å²) in [5, 5.41) is 8.31. The quantitative estimate of drug-likeness (QED) is 0.632. The van der Waals surface area contributed by atoms with Crippen LogP contribution >= 0.6 is 0 Å². The monoisotopic (exact) mass is 244 g/mol. The van der Waals surface area contributed by atoms with E-state index in [1.165, 1.54) is 43.2 Å². The fourth-order valence-electron chi connectivity index (χ4n) is 2.74. The second-order valence-electron chi connectivity index (χ2n) is 5.56. The molecule has 1 fully saturated rings. The molecule has 98 valence electrons. The number of benzene rings is 1. The molecule has 0 aromatic heterocycles. The first kappa shape index (κ1) is 13.1. The van der Waals surface area contributed by atoms with Crippen molar-refractivity contribution in [3.05, 3.63) is 35.4 Å². The summed E-state index contributed by atoms with van der Waals surface area (Å²) in [5.74, 6) is 1.32. The van der Waals surface area contributed by atoms with E-state index in [0.29, 0.717) is 5.92 Å². The minimum atomic E-state index is 0.495. The molecule has 0 amide bonds. The average Bonchev–Trinajstić information content (AvgIpc) is 2.41. The third kappa shape index (κ3) is 3.34. The molecule has 0 radical (unpaired) electrons. The molecule has 1 aromatic rings. The lowest BCUT2D eigenvalue weighted by atomic mass is 9.88. The van der Waals surface area contributed by atoms with Crippen molar-refractivity contribution in [2.45, 2.75) is 45.6 Å². The summed E-state index contributed by atoms with van der Waals surface area (Å²) in [6, 6.07) is 8.63. The molecule has 1 N–H and O–H groups in total. The maximum atomic E-state index is 8.31. The van der Waals surface area contributed by atoms with Crippen molar-refractivity contribution in [1.29, 1.82) is 5.41 Å². The molecule has 0 unspecified atom stereocenters. The zero-order valence-corrected chi connectivity index (χ0v) is 11.6. The van der Waals surface area contributed by atoms with Gasteiger partial charge in [-0.05, 0) is 25.3 Å². The van der Waals surface area contributed by atoms with Crippen LogP contribution in [0.1, 0.15) is 43.2 Å². The van der Waals surface area contributed by atoms with Gasteiger partial charge in [-0.3, -0.25) is 5.41 Å². The van der Waals surface area contributed by atoms with Gasteiger partial charge in [0.25, 0.3) is 0 Å². The van der Waals surface area contributed by atoms with Crippen molar-refractivity contribution in [3.63, 3.8) is 0 Å². The molecule has 0 spiro atoms. The van der Waals surface area contributed by atoms with Gasteiger partial charge in [0, 0.05) is 19.5 Å². The maximum absolute atomic E-state index is 8.31. The molecule has 18 heavy (non-hydrogen) atoms. The summed E-state index contributed by atoms with van der Waals surface area (Å²) in [5.41, 5.74) is 2.59. The Labute approximate surface area is 111 Å². The molecule has 2 heteroatoms. The molecule has 1 aliphatic rings. The first-order valence-corrected chi connectivity index (χ1v) is 7.02. The summed E-state index contributed by atoms with van der Waals surface area (Å²) < 4.78 is 0. The first-order valence-electron chi connectivity index (χ1n) is 7.02. The fourth-order valence-corrected chi connectivity index (χ4v) is 2.74. The number of nitrogens with one attached hydrogen (secondary N) is 1. The van der Waals surface area contributed by atoms with Crippen LogP contribution in [0.15, 0.2) is 24.3 Å². The third-order valence-corrected chi connectivity index (χ3v) is 3.94. The van der Waals surface area contributed by atoms with Crippen molar-refractivity contribution in [2.24, 2.45) is 5.92 Å². The van der Waals surface area contributed by atoms with Crippen LogP contribution in [0.25, 0.3) is 0 Å². The van der Waals surface area contributed by atoms with Crippen LogP contribution in [0.3, 0.4) is 0 Å². The molecule has 0 atom stereocenters. The van der Waals surface area contributed by atoms with E-state index in [4.69, 9.17) is 5.41 Å². The Balaban J connectivity index is 1.92. The zero-order valence-electron chi connectivity index (χ0n) is 11.6. The van der Waals surface area contributed by atoms with E-state index in [1.807, 2.05) is 0 Å². The number of aryl methyl sites for hydroxylation is 1. The minimum Gasteiger partial charge on any atom is -0.359 e. The van der Waals surface area contributed by atoms with E-state index in [1.54, 1.807) is 0 Å². The Bertz CT molecular complexity index is 388. The Kier molecular flexibility index (Phi) is 4.40. The van der Waals surface area contributed by atoms with Crippen molar-refractivity contribution in [2.75, 3.05) is 7.05 Å². The van der Waals surface area contributed by atoms with E-state index in [-0.39, 0.29) is 0 Å². The van der Waals surface area contributed by atoms with Gasteiger partial charge in [-0.15, -0.1) is 0 Å². The highest BCUT2D eigenvalue weighted by molar-refractivity contribution is 5.81. The molecule has 0 bridgehead atoms. The topological polar surface area (TPSA) is 27.1 Å². The molecule has 0 heterocycles. The lowest BCUT2D eigenvalue weighted by Crippen LogP contribution is -2.32. The highest BCUT2D eigenvalue weighted by atomic mass is 15.1. The maximum Gasteiger partial charge on any atom is 0.0989 e. The summed E-state index contributed by atoms with van der Waals surface area (Å²) in [7, 11) is 2.05. The molecule has 1 saturated carbocycles. The SMILES string of the molecule is Cc1ccc(CN(C)C(=N)C2CCCCC2)cc1. The Morgan fingerprint density at radius 2 is 1.78 bits per heavy atom. The molecule has 1 aromatic carbocycles. The predicted molar refractivity (Wildman–Crippen MR) is 76.9 cm³/mol. The summed E-state index contributed by atoms with van der Waals surface area (Å²) >= 11 is 0. The largest absolute Gasteiger partial charge is 0.359 e. The second-order valence-corrected chi connectivity index (χ2v) is 5.56. The molecule has 2 nitrogen and oxygen atoms in total. The first-order chi connectivity index (χ1) is 8.66. The van der Waals surface area contributed by atoms with E-state index >= 15 is 0 Å². The lowest BCUT2D eigenvalue weighted by molar-refractivity contribution is 0.382. The number of hydrogen-bond donors (Lipinski definition) is 1. The number of hydrogen-bond acceptors (Lipinski definition) is 1. The van der Waals surface area contributed by atoms with E-state index in [2.05, 4.69) is 43.1 Å². The molecule has 0 aliphatic heterocycles. The van der Waals surface area contributed by atoms with E-state index < -0.39 is 0 Å². The van der Waals surface area contributed by atoms with Crippen molar-refractivity contribution < 1.29 is 0 Å². The number of amidine groups is 1. The van der Waals surface area contributed by atoms with Gasteiger partial charge in [0.1, 0.15) is 0 Å². The lowest BCUT2D eigenvalue weighted by Gasteiger charge is -2.29. The minimum absolute atomic E-state index is 0.495. The molecule has 1 aliphatic carbocycles. The van der Waals surface area contributed by atoms with Crippen LogP contribution in [0.5, 0.6) is 0 Å². The predicted octanol–water partition coefficient (Wildman–Crippen LogP) is 3.98. The second kappa shape index (κ2) is 6.03. The smallest absolute Gasteiger partial charge is 0.0989 e. The van der Waals surface area contributed by atoms with Crippen LogP contribution in [0.4, 0.5) is 0 Å². The van der Waals surface area contributed by atoms with Crippen LogP contribution in [-0.2, 0) is 6.54 Å². The Morgan fingerprint density at radius 1 is 1.17 bits per heavy atom. The zero-order chi connectivity index (χ0) is 13.0. The van der Waals surface area contributed by atoms with Crippen LogP contribution in [0.2, 0.25) is 0 Å².